The number of carbonyl (C=O) groups excluding carboxylic acids is 2. The maximum absolute atomic E-state index is 13.6. The number of carbonyl (C=O) groups is 2. The zero-order valence-corrected chi connectivity index (χ0v) is 19.6. The number of amides is 2. The van der Waals surface area contributed by atoms with Crippen LogP contribution in [0.5, 0.6) is 11.6 Å². The first-order chi connectivity index (χ1) is 16.1. The van der Waals surface area contributed by atoms with E-state index in [9.17, 15) is 18.4 Å². The Kier molecular flexibility index (Phi) is 8.02. The van der Waals surface area contributed by atoms with E-state index in [1.807, 2.05) is 24.3 Å². The van der Waals surface area contributed by atoms with Crippen LogP contribution in [0.3, 0.4) is 0 Å². The molecule has 1 aliphatic rings. The Morgan fingerprint density at radius 2 is 1.79 bits per heavy atom. The number of aryl methyl sites for hydroxylation is 1. The number of nitrogens with zero attached hydrogens (tertiary/aromatic N) is 1. The third-order valence-electron chi connectivity index (χ3n) is 5.99. The van der Waals surface area contributed by atoms with Crippen molar-refractivity contribution in [3.05, 3.63) is 60.3 Å². The number of ether oxygens (including phenoxy) is 1. The standard InChI is InChI=1S/C26H31F2N3O3/c1-4-6-21-7-5-16-29-23(21)34-22-10-8-20(9-11-22)18(2)17-30-24(33)25(31-19(3)32)12-14-26(27,28)15-13-25/h5,7-11,16H,2,4,6,12-15,17H2,1,3H3,(H,30,33)(H,31,32). The predicted molar refractivity (Wildman–Crippen MR) is 127 cm³/mol. The van der Waals surface area contributed by atoms with Gasteiger partial charge in [0, 0.05) is 38.1 Å². The summed E-state index contributed by atoms with van der Waals surface area (Å²) in [5.74, 6) is -2.51. The van der Waals surface area contributed by atoms with Gasteiger partial charge < -0.3 is 15.4 Å². The van der Waals surface area contributed by atoms with Crippen molar-refractivity contribution in [1.82, 2.24) is 15.6 Å². The first kappa shape index (κ1) is 25.3. The van der Waals surface area contributed by atoms with Crippen LogP contribution in [-0.2, 0) is 16.0 Å². The summed E-state index contributed by atoms with van der Waals surface area (Å²) in [4.78, 5) is 28.9. The Morgan fingerprint density at radius 1 is 1.12 bits per heavy atom. The second-order valence-corrected chi connectivity index (χ2v) is 8.75. The number of halogens is 2. The van der Waals surface area contributed by atoms with Gasteiger partial charge in [-0.2, -0.15) is 0 Å². The van der Waals surface area contributed by atoms with Gasteiger partial charge in [-0.15, -0.1) is 0 Å². The average molecular weight is 472 g/mol. The second-order valence-electron chi connectivity index (χ2n) is 8.75. The van der Waals surface area contributed by atoms with Gasteiger partial charge in [0.2, 0.25) is 23.6 Å². The lowest BCUT2D eigenvalue weighted by atomic mass is 9.79. The summed E-state index contributed by atoms with van der Waals surface area (Å²) in [7, 11) is 0. The summed E-state index contributed by atoms with van der Waals surface area (Å²) in [6, 6.07) is 11.1. The van der Waals surface area contributed by atoms with E-state index in [4.69, 9.17) is 4.74 Å². The van der Waals surface area contributed by atoms with Crippen LogP contribution in [0.25, 0.3) is 5.57 Å². The van der Waals surface area contributed by atoms with Crippen molar-refractivity contribution in [3.8, 4) is 11.6 Å². The van der Waals surface area contributed by atoms with Gasteiger partial charge in [-0.05, 0) is 48.6 Å². The van der Waals surface area contributed by atoms with E-state index in [0.717, 1.165) is 24.0 Å². The third kappa shape index (κ3) is 6.40. The largest absolute Gasteiger partial charge is 0.439 e. The van der Waals surface area contributed by atoms with Crippen LogP contribution in [0.2, 0.25) is 0 Å². The quantitative estimate of drug-likeness (QED) is 0.537. The fourth-order valence-corrected chi connectivity index (χ4v) is 4.09. The minimum absolute atomic E-state index is 0.114. The highest BCUT2D eigenvalue weighted by atomic mass is 19.3. The molecule has 0 spiro atoms. The molecule has 2 amide bonds. The van der Waals surface area contributed by atoms with Crippen molar-refractivity contribution in [1.29, 1.82) is 0 Å². The molecule has 2 aromatic rings. The van der Waals surface area contributed by atoms with Crippen LogP contribution in [-0.4, -0.2) is 34.8 Å². The predicted octanol–water partition coefficient (Wildman–Crippen LogP) is 5.04. The number of aromatic nitrogens is 1. The second kappa shape index (κ2) is 10.8. The highest BCUT2D eigenvalue weighted by Gasteiger charge is 2.48. The van der Waals surface area contributed by atoms with E-state index in [-0.39, 0.29) is 19.4 Å². The minimum atomic E-state index is -2.82. The molecule has 1 aromatic heterocycles. The summed E-state index contributed by atoms with van der Waals surface area (Å²) in [5, 5.41) is 5.36. The normalized spacial score (nSPS) is 16.4. The van der Waals surface area contributed by atoms with E-state index < -0.39 is 36.1 Å². The van der Waals surface area contributed by atoms with E-state index in [1.165, 1.54) is 6.92 Å². The van der Waals surface area contributed by atoms with Crippen LogP contribution in [0.1, 0.15) is 57.1 Å². The number of alkyl halides is 2. The van der Waals surface area contributed by atoms with Crippen LogP contribution in [0.15, 0.2) is 49.2 Å². The Labute approximate surface area is 198 Å². The minimum Gasteiger partial charge on any atom is -0.439 e. The van der Waals surface area contributed by atoms with Crippen molar-refractivity contribution in [2.75, 3.05) is 6.54 Å². The maximum atomic E-state index is 13.6. The van der Waals surface area contributed by atoms with Gasteiger partial charge in [0.15, 0.2) is 0 Å². The van der Waals surface area contributed by atoms with Crippen LogP contribution in [0, 0.1) is 0 Å². The Morgan fingerprint density at radius 3 is 2.41 bits per heavy atom. The SMILES string of the molecule is C=C(CNC(=O)C1(NC(C)=O)CCC(F)(F)CC1)c1ccc(Oc2ncccc2CCC)cc1. The highest BCUT2D eigenvalue weighted by Crippen LogP contribution is 2.38. The van der Waals surface area contributed by atoms with Gasteiger partial charge in [0.1, 0.15) is 11.3 Å². The molecule has 1 aliphatic carbocycles. The molecule has 1 aromatic carbocycles. The van der Waals surface area contributed by atoms with E-state index in [1.54, 1.807) is 18.3 Å². The molecule has 34 heavy (non-hydrogen) atoms. The Bertz CT molecular complexity index is 1030. The molecule has 6 nitrogen and oxygen atoms in total. The molecule has 1 fully saturated rings. The first-order valence-electron chi connectivity index (χ1n) is 11.5. The molecule has 0 saturated heterocycles. The highest BCUT2D eigenvalue weighted by molar-refractivity contribution is 5.92. The smallest absolute Gasteiger partial charge is 0.248 e. The molecule has 182 valence electrons. The molecule has 1 heterocycles. The molecule has 8 heteroatoms. The van der Waals surface area contributed by atoms with Crippen LogP contribution < -0.4 is 15.4 Å². The lowest BCUT2D eigenvalue weighted by Crippen LogP contribution is -2.61. The molecule has 0 unspecified atom stereocenters. The van der Waals surface area contributed by atoms with E-state index in [0.29, 0.717) is 17.2 Å². The first-order valence-corrected chi connectivity index (χ1v) is 11.5. The topological polar surface area (TPSA) is 80.3 Å². The van der Waals surface area contributed by atoms with Crippen molar-refractivity contribution < 1.29 is 23.1 Å². The van der Waals surface area contributed by atoms with Crippen molar-refractivity contribution in [2.45, 2.75) is 63.8 Å². The molecule has 2 N–H and O–H groups in total. The molecule has 1 saturated carbocycles. The fourth-order valence-electron chi connectivity index (χ4n) is 4.09. The molecule has 0 radical (unpaired) electrons. The van der Waals surface area contributed by atoms with E-state index in [2.05, 4.69) is 29.1 Å². The monoisotopic (exact) mass is 471 g/mol. The zero-order chi connectivity index (χ0) is 24.8. The van der Waals surface area contributed by atoms with Gasteiger partial charge in [-0.25, -0.2) is 13.8 Å². The molecular formula is C26H31F2N3O3. The molecule has 0 aliphatic heterocycles. The average Bonchev–Trinajstić information content (AvgIpc) is 2.80. The van der Waals surface area contributed by atoms with Gasteiger partial charge >= 0.3 is 0 Å². The molecule has 0 atom stereocenters. The van der Waals surface area contributed by atoms with Crippen molar-refractivity contribution >= 4 is 17.4 Å². The van der Waals surface area contributed by atoms with Crippen LogP contribution >= 0.6 is 0 Å². The number of hydrogen-bond acceptors (Lipinski definition) is 4. The molecule has 0 bridgehead atoms. The Balaban J connectivity index is 1.61. The number of pyridine rings is 1. The number of benzene rings is 1. The van der Waals surface area contributed by atoms with Gasteiger partial charge in [0.25, 0.3) is 0 Å². The third-order valence-corrected chi connectivity index (χ3v) is 5.99. The van der Waals surface area contributed by atoms with Crippen molar-refractivity contribution in [3.63, 3.8) is 0 Å². The number of rotatable bonds is 9. The summed E-state index contributed by atoms with van der Waals surface area (Å²) in [6.45, 7) is 7.52. The molecular weight excluding hydrogens is 440 g/mol. The van der Waals surface area contributed by atoms with Gasteiger partial charge in [-0.1, -0.05) is 38.1 Å². The summed E-state index contributed by atoms with van der Waals surface area (Å²) in [6.07, 6.45) is 2.43. The summed E-state index contributed by atoms with van der Waals surface area (Å²) < 4.78 is 33.2. The van der Waals surface area contributed by atoms with Gasteiger partial charge in [-0.3, -0.25) is 9.59 Å². The van der Waals surface area contributed by atoms with Crippen molar-refractivity contribution in [2.24, 2.45) is 0 Å². The van der Waals surface area contributed by atoms with Gasteiger partial charge in [0.05, 0.1) is 0 Å². The fraction of sp³-hybridized carbons (Fsp3) is 0.423. The summed E-state index contributed by atoms with van der Waals surface area (Å²) in [5.41, 5.74) is 1.15. The van der Waals surface area contributed by atoms with Crippen LogP contribution in [0.4, 0.5) is 8.78 Å². The lowest BCUT2D eigenvalue weighted by Gasteiger charge is -2.39. The molecule has 3 rings (SSSR count). The Hall–Kier alpha value is -3.29. The number of hydrogen-bond donors (Lipinski definition) is 2. The van der Waals surface area contributed by atoms with E-state index >= 15 is 0 Å². The maximum Gasteiger partial charge on any atom is 0.248 e. The number of nitrogens with one attached hydrogen (secondary N) is 2. The zero-order valence-electron chi connectivity index (χ0n) is 19.6. The summed E-state index contributed by atoms with van der Waals surface area (Å²) >= 11 is 0. The lowest BCUT2D eigenvalue weighted by molar-refractivity contribution is -0.138.